The Morgan fingerprint density at radius 1 is 1.73 bits per heavy atom. The number of hydrogen-bond acceptors (Lipinski definition) is 4. The highest BCUT2D eigenvalue weighted by molar-refractivity contribution is 7.09. The summed E-state index contributed by atoms with van der Waals surface area (Å²) in [7, 11) is 0. The molecule has 0 radical (unpaired) electrons. The van der Waals surface area contributed by atoms with Gasteiger partial charge < -0.3 is 10.0 Å². The largest absolute Gasteiger partial charge is 0.479 e. The average Bonchev–Trinajstić information content (AvgIpc) is 2.90. The molecule has 1 aliphatic rings. The second-order valence-corrected chi connectivity index (χ2v) is 4.35. The van der Waals surface area contributed by atoms with Crippen LogP contribution in [0.5, 0.6) is 0 Å². The number of aliphatic carboxylic acids is 1. The van der Waals surface area contributed by atoms with Gasteiger partial charge in [0.25, 0.3) is 0 Å². The first-order chi connectivity index (χ1) is 7.24. The number of nitrogens with zero attached hydrogens (tertiary/aromatic N) is 2. The molecule has 2 rings (SSSR count). The van der Waals surface area contributed by atoms with Gasteiger partial charge in [0.2, 0.25) is 6.41 Å². The highest BCUT2D eigenvalue weighted by Gasteiger charge is 2.38. The van der Waals surface area contributed by atoms with Crippen LogP contribution in [0.25, 0.3) is 0 Å². The molecular weight excluding hydrogens is 216 g/mol. The number of amides is 1. The van der Waals surface area contributed by atoms with Crippen LogP contribution >= 0.6 is 11.3 Å². The minimum absolute atomic E-state index is 0.0886. The van der Waals surface area contributed by atoms with Gasteiger partial charge in [0.05, 0.1) is 10.4 Å². The molecule has 1 aromatic heterocycles. The second-order valence-electron chi connectivity index (χ2n) is 3.43. The zero-order valence-corrected chi connectivity index (χ0v) is 8.68. The van der Waals surface area contributed by atoms with Crippen LogP contribution in [0.15, 0.2) is 11.7 Å². The molecule has 5 nitrogen and oxygen atoms in total. The molecule has 1 amide bonds. The van der Waals surface area contributed by atoms with Gasteiger partial charge in [-0.15, -0.1) is 11.3 Å². The van der Waals surface area contributed by atoms with E-state index in [1.807, 2.05) is 0 Å². The van der Waals surface area contributed by atoms with Gasteiger partial charge in [0.1, 0.15) is 0 Å². The lowest BCUT2D eigenvalue weighted by Gasteiger charge is -2.23. The van der Waals surface area contributed by atoms with Crippen molar-refractivity contribution >= 4 is 23.7 Å². The van der Waals surface area contributed by atoms with E-state index in [0.29, 0.717) is 11.3 Å². The zero-order chi connectivity index (χ0) is 10.8. The van der Waals surface area contributed by atoms with E-state index in [0.717, 1.165) is 12.8 Å². The van der Waals surface area contributed by atoms with Gasteiger partial charge in [-0.3, -0.25) is 9.78 Å². The van der Waals surface area contributed by atoms with Crippen LogP contribution in [0, 0.1) is 0 Å². The van der Waals surface area contributed by atoms with Crippen molar-refractivity contribution in [2.45, 2.75) is 24.9 Å². The first-order valence-electron chi connectivity index (χ1n) is 4.58. The lowest BCUT2D eigenvalue weighted by molar-refractivity contribution is -0.147. The molecule has 1 unspecified atom stereocenters. The van der Waals surface area contributed by atoms with E-state index >= 15 is 0 Å². The van der Waals surface area contributed by atoms with Crippen LogP contribution in [-0.2, 0) is 9.59 Å². The fourth-order valence-electron chi connectivity index (χ4n) is 1.49. The summed E-state index contributed by atoms with van der Waals surface area (Å²) in [6, 6.07) is -0.784. The van der Waals surface area contributed by atoms with Gasteiger partial charge in [-0.1, -0.05) is 0 Å². The normalized spacial score (nSPS) is 17.1. The average molecular weight is 226 g/mol. The van der Waals surface area contributed by atoms with Crippen molar-refractivity contribution < 1.29 is 14.7 Å². The summed E-state index contributed by atoms with van der Waals surface area (Å²) in [5, 5.41) is 9.10. The van der Waals surface area contributed by atoms with E-state index in [2.05, 4.69) is 4.98 Å². The molecule has 80 valence electrons. The van der Waals surface area contributed by atoms with Crippen molar-refractivity contribution in [3.05, 3.63) is 16.6 Å². The quantitative estimate of drug-likeness (QED) is 0.757. The predicted octanol–water partition coefficient (Wildman–Crippen LogP) is 0.890. The van der Waals surface area contributed by atoms with E-state index in [-0.39, 0.29) is 6.04 Å². The molecule has 0 bridgehead atoms. The number of aromatic nitrogens is 1. The number of carboxylic acid groups (broad SMARTS) is 1. The van der Waals surface area contributed by atoms with Crippen molar-refractivity contribution in [1.82, 2.24) is 9.88 Å². The van der Waals surface area contributed by atoms with Crippen LogP contribution in [-0.4, -0.2) is 33.4 Å². The molecule has 1 fully saturated rings. The molecule has 0 spiro atoms. The minimum Gasteiger partial charge on any atom is -0.479 e. The number of carbonyl (C=O) groups is 2. The Balaban J connectivity index is 2.25. The van der Waals surface area contributed by atoms with Crippen LogP contribution in [0.1, 0.15) is 23.8 Å². The van der Waals surface area contributed by atoms with Gasteiger partial charge >= 0.3 is 5.97 Å². The highest BCUT2D eigenvalue weighted by Crippen LogP contribution is 2.34. The van der Waals surface area contributed by atoms with Gasteiger partial charge in [-0.05, 0) is 12.8 Å². The summed E-state index contributed by atoms with van der Waals surface area (Å²) in [6.07, 6.45) is 3.90. The minimum atomic E-state index is -1.00. The van der Waals surface area contributed by atoms with Crippen LogP contribution in [0.3, 0.4) is 0 Å². The van der Waals surface area contributed by atoms with Crippen LogP contribution in [0.2, 0.25) is 0 Å². The van der Waals surface area contributed by atoms with E-state index in [1.54, 1.807) is 5.51 Å². The monoisotopic (exact) mass is 226 g/mol. The topological polar surface area (TPSA) is 70.5 Å². The van der Waals surface area contributed by atoms with E-state index in [4.69, 9.17) is 5.11 Å². The van der Waals surface area contributed by atoms with Gasteiger partial charge in [-0.2, -0.15) is 0 Å². The Bertz CT molecular complexity index is 361. The standard InChI is InChI=1S/C9H10N2O3S/c12-5-11(6-1-2-6)8(9(13)14)7-3-10-4-15-7/h3-6,8H,1-2H2,(H,13,14). The molecule has 15 heavy (non-hydrogen) atoms. The third kappa shape index (κ3) is 1.99. The number of hydrogen-bond donors (Lipinski definition) is 1. The molecule has 0 aromatic carbocycles. The smallest absolute Gasteiger partial charge is 0.332 e. The Kier molecular flexibility index (Phi) is 2.68. The van der Waals surface area contributed by atoms with Crippen LogP contribution in [0.4, 0.5) is 0 Å². The van der Waals surface area contributed by atoms with Gasteiger partial charge in [0.15, 0.2) is 6.04 Å². The lowest BCUT2D eigenvalue weighted by Crippen LogP contribution is -2.34. The molecule has 1 N–H and O–H groups in total. The number of carbonyl (C=O) groups excluding carboxylic acids is 1. The summed E-state index contributed by atoms with van der Waals surface area (Å²) in [5.74, 6) is -1.00. The van der Waals surface area contributed by atoms with E-state index < -0.39 is 12.0 Å². The molecule has 1 aromatic rings. The maximum atomic E-state index is 11.1. The Morgan fingerprint density at radius 3 is 2.87 bits per heavy atom. The molecular formula is C9H10N2O3S. The maximum absolute atomic E-state index is 11.1. The van der Waals surface area contributed by atoms with Crippen molar-refractivity contribution in [3.63, 3.8) is 0 Å². The molecule has 1 heterocycles. The number of thiazole rings is 1. The lowest BCUT2D eigenvalue weighted by atomic mass is 10.2. The Labute approximate surface area is 90.4 Å². The fourth-order valence-corrected chi connectivity index (χ4v) is 2.20. The van der Waals surface area contributed by atoms with Crippen molar-refractivity contribution in [2.24, 2.45) is 0 Å². The summed E-state index contributed by atoms with van der Waals surface area (Å²) < 4.78 is 0. The molecule has 1 saturated carbocycles. The van der Waals surface area contributed by atoms with Crippen molar-refractivity contribution in [1.29, 1.82) is 0 Å². The van der Waals surface area contributed by atoms with Crippen molar-refractivity contribution in [2.75, 3.05) is 0 Å². The summed E-state index contributed by atoms with van der Waals surface area (Å²) >= 11 is 1.26. The second kappa shape index (κ2) is 3.98. The van der Waals surface area contributed by atoms with Gasteiger partial charge in [0, 0.05) is 12.2 Å². The first-order valence-corrected chi connectivity index (χ1v) is 5.46. The Morgan fingerprint density at radius 2 is 2.47 bits per heavy atom. The number of carboxylic acids is 1. The third-order valence-corrected chi connectivity index (χ3v) is 3.17. The first kappa shape index (κ1) is 10.1. The Hall–Kier alpha value is -1.43. The number of rotatable bonds is 5. The maximum Gasteiger partial charge on any atom is 0.332 e. The molecule has 1 atom stereocenters. The van der Waals surface area contributed by atoms with Gasteiger partial charge in [-0.25, -0.2) is 4.79 Å². The predicted molar refractivity (Wildman–Crippen MR) is 53.4 cm³/mol. The highest BCUT2D eigenvalue weighted by atomic mass is 32.1. The SMILES string of the molecule is O=CN(C1CC1)C(C(=O)O)c1cncs1. The molecule has 0 aliphatic heterocycles. The van der Waals surface area contributed by atoms with E-state index in [9.17, 15) is 9.59 Å². The summed E-state index contributed by atoms with van der Waals surface area (Å²) in [5.41, 5.74) is 1.57. The summed E-state index contributed by atoms with van der Waals surface area (Å²) in [4.78, 5) is 27.8. The van der Waals surface area contributed by atoms with E-state index in [1.165, 1.54) is 22.4 Å². The van der Waals surface area contributed by atoms with Crippen LogP contribution < -0.4 is 0 Å². The molecule has 6 heteroatoms. The third-order valence-electron chi connectivity index (χ3n) is 2.34. The summed E-state index contributed by atoms with van der Waals surface area (Å²) in [6.45, 7) is 0. The van der Waals surface area contributed by atoms with Crippen molar-refractivity contribution in [3.8, 4) is 0 Å². The molecule has 1 aliphatic carbocycles. The molecule has 0 saturated heterocycles. The fraction of sp³-hybridized carbons (Fsp3) is 0.444. The zero-order valence-electron chi connectivity index (χ0n) is 7.87.